The van der Waals surface area contributed by atoms with Crippen molar-refractivity contribution in [2.75, 3.05) is 88.3 Å². The molecule has 3 aliphatic heterocycles. The van der Waals surface area contributed by atoms with Gasteiger partial charge in [0.2, 0.25) is 5.95 Å². The number of anilines is 5. The van der Waals surface area contributed by atoms with Gasteiger partial charge in [-0.25, -0.2) is 9.78 Å². The number of ether oxygens (including phenoxy) is 2. The monoisotopic (exact) mass is 860 g/mol. The van der Waals surface area contributed by atoms with Crippen molar-refractivity contribution in [3.63, 3.8) is 0 Å². The number of likely N-dealkylation sites (tertiary alicyclic amines) is 2. The number of methoxy groups -OCH3 is 1. The molecule has 2 aromatic carbocycles. The molecule has 4 aromatic rings. The third-order valence-corrected chi connectivity index (χ3v) is 13.5. The molecular formula is C42H58BrN10O3P. The second-order valence-electron chi connectivity index (χ2n) is 16.7. The molecule has 0 radical (unpaired) electrons. The predicted molar refractivity (Wildman–Crippen MR) is 236 cm³/mol. The van der Waals surface area contributed by atoms with Crippen molar-refractivity contribution in [3.8, 4) is 16.9 Å². The van der Waals surface area contributed by atoms with Crippen LogP contribution in [0.3, 0.4) is 0 Å². The van der Waals surface area contributed by atoms with Crippen LogP contribution in [-0.2, 0) is 11.8 Å². The number of hydrogen-bond donors (Lipinski definition) is 2. The number of benzene rings is 2. The Morgan fingerprint density at radius 1 is 0.930 bits per heavy atom. The van der Waals surface area contributed by atoms with E-state index in [4.69, 9.17) is 14.5 Å². The highest BCUT2D eigenvalue weighted by atomic mass is 79.9. The highest BCUT2D eigenvalue weighted by Crippen LogP contribution is 2.41. The zero-order valence-corrected chi connectivity index (χ0v) is 37.4. The molecule has 0 spiro atoms. The van der Waals surface area contributed by atoms with Gasteiger partial charge in [0.25, 0.3) is 0 Å². The van der Waals surface area contributed by atoms with Gasteiger partial charge in [-0.15, -0.1) is 0 Å². The van der Waals surface area contributed by atoms with Gasteiger partial charge in [0.1, 0.15) is 17.2 Å². The van der Waals surface area contributed by atoms with Crippen LogP contribution >= 0.6 is 23.9 Å². The van der Waals surface area contributed by atoms with Crippen molar-refractivity contribution < 1.29 is 14.3 Å². The first-order chi connectivity index (χ1) is 27.2. The van der Waals surface area contributed by atoms with E-state index in [1.54, 1.807) is 13.3 Å². The van der Waals surface area contributed by atoms with Gasteiger partial charge in [-0.3, -0.25) is 14.5 Å². The summed E-state index contributed by atoms with van der Waals surface area (Å²) in [6.07, 6.45) is 7.86. The third kappa shape index (κ3) is 9.35. The second-order valence-corrected chi connectivity index (χ2v) is 19.8. The summed E-state index contributed by atoms with van der Waals surface area (Å²) in [5.41, 5.74) is 7.20. The first kappa shape index (κ1) is 41.2. The van der Waals surface area contributed by atoms with Gasteiger partial charge in [-0.1, -0.05) is 14.0 Å². The van der Waals surface area contributed by atoms with E-state index in [0.29, 0.717) is 29.6 Å². The van der Waals surface area contributed by atoms with E-state index in [2.05, 4.69) is 109 Å². The molecule has 0 aliphatic carbocycles. The highest BCUT2D eigenvalue weighted by Gasteiger charge is 2.39. The van der Waals surface area contributed by atoms with Crippen molar-refractivity contribution in [1.82, 2.24) is 34.4 Å². The van der Waals surface area contributed by atoms with Gasteiger partial charge >= 0.3 is 6.09 Å². The fraction of sp³-hybridized carbons (Fsp3) is 0.524. The standard InChI is InChI=1S/C42H58BrN10O3P/c1-27-10-11-34(38(28(27)2)57(8)9)46-39-33(43)23-44-40(48-39)47-35-20-32(29-22-45-49(6)24-29)36(21-37(35)55-7)52-18-16-51(17-19-52)30-12-14-50(15-13-30)31-25-53(26-31)41(54)56-42(3,4)5/h10-11,20-24,30-31H,12-19,25-26H2,1-9H3,(H2,44,46,47,48). The molecule has 0 unspecified atom stereocenters. The van der Waals surface area contributed by atoms with Crippen LogP contribution in [0.4, 0.5) is 33.6 Å². The molecule has 306 valence electrons. The number of amides is 1. The number of nitrogens with zero attached hydrogens (tertiary/aromatic N) is 8. The van der Waals surface area contributed by atoms with Crippen LogP contribution in [0.1, 0.15) is 44.7 Å². The van der Waals surface area contributed by atoms with Crippen LogP contribution in [0, 0.1) is 13.8 Å². The fourth-order valence-electron chi connectivity index (χ4n) is 8.24. The summed E-state index contributed by atoms with van der Waals surface area (Å²) in [6, 6.07) is 9.59. The van der Waals surface area contributed by atoms with E-state index < -0.39 is 5.60 Å². The van der Waals surface area contributed by atoms with E-state index >= 15 is 0 Å². The first-order valence-electron chi connectivity index (χ1n) is 19.9. The zero-order valence-electron chi connectivity index (χ0n) is 34.9. The number of piperidine rings is 1. The molecule has 0 bridgehead atoms. The summed E-state index contributed by atoms with van der Waals surface area (Å²) in [5, 5.41) is 12.9. The highest BCUT2D eigenvalue weighted by molar-refractivity contribution is 9.10. The van der Waals surface area contributed by atoms with Gasteiger partial charge in [0, 0.05) is 118 Å². The van der Waals surface area contributed by atoms with Crippen LogP contribution in [0.2, 0.25) is 0 Å². The Morgan fingerprint density at radius 2 is 1.63 bits per heavy atom. The molecule has 57 heavy (non-hydrogen) atoms. The van der Waals surface area contributed by atoms with E-state index in [-0.39, 0.29) is 14.0 Å². The van der Waals surface area contributed by atoms with Crippen LogP contribution in [-0.4, -0.2) is 131 Å². The number of rotatable bonds is 10. The molecule has 0 saturated carbocycles. The van der Waals surface area contributed by atoms with Crippen molar-refractivity contribution in [3.05, 3.63) is 58.5 Å². The summed E-state index contributed by atoms with van der Waals surface area (Å²) in [7, 11) is 3.31. The molecule has 5 heterocycles. The largest absolute Gasteiger partial charge is 0.494 e. The van der Waals surface area contributed by atoms with E-state index in [1.165, 1.54) is 16.4 Å². The average Bonchev–Trinajstić information content (AvgIpc) is 3.59. The van der Waals surface area contributed by atoms with E-state index in [9.17, 15) is 4.79 Å². The summed E-state index contributed by atoms with van der Waals surface area (Å²) in [5.74, 6) is 1.86. The van der Waals surface area contributed by atoms with E-state index in [0.717, 1.165) is 97.9 Å². The lowest BCUT2D eigenvalue weighted by molar-refractivity contribution is -0.0247. The molecule has 0 atom stereocenters. The van der Waals surface area contributed by atoms with Crippen molar-refractivity contribution in [1.29, 1.82) is 0 Å². The second kappa shape index (κ2) is 17.1. The van der Waals surface area contributed by atoms with E-state index in [1.807, 2.05) is 43.6 Å². The Bertz CT molecular complexity index is 2070. The molecular weight excluding hydrogens is 803 g/mol. The summed E-state index contributed by atoms with van der Waals surface area (Å²) in [6.45, 7) is 22.2. The molecule has 2 N–H and O–H groups in total. The van der Waals surface area contributed by atoms with Gasteiger partial charge in [0.15, 0.2) is 0 Å². The third-order valence-electron chi connectivity index (χ3n) is 11.4. The Labute approximate surface area is 347 Å². The zero-order chi connectivity index (χ0) is 40.6. The lowest BCUT2D eigenvalue weighted by Crippen LogP contribution is -2.63. The van der Waals surface area contributed by atoms with Crippen LogP contribution in [0.25, 0.3) is 11.1 Å². The molecule has 1 amide bonds. The lowest BCUT2D eigenvalue weighted by Gasteiger charge is -2.49. The van der Waals surface area contributed by atoms with Crippen molar-refractivity contribution >= 4 is 64.1 Å². The predicted octanol–water partition coefficient (Wildman–Crippen LogP) is 7.32. The quantitative estimate of drug-likeness (QED) is 0.156. The minimum absolute atomic E-state index is 0.197. The van der Waals surface area contributed by atoms with Gasteiger partial charge in [-0.05, 0) is 100.0 Å². The number of halogens is 1. The fourth-order valence-corrected chi connectivity index (χ4v) is 9.99. The molecule has 3 aliphatic rings. The van der Waals surface area contributed by atoms with Crippen molar-refractivity contribution in [2.24, 2.45) is 7.05 Å². The number of carbonyl (C=O) groups is 1. The summed E-state index contributed by atoms with van der Waals surface area (Å²) >= 11 is 3.68. The minimum Gasteiger partial charge on any atom is -0.494 e. The molecule has 3 fully saturated rings. The molecule has 2 aromatic heterocycles. The van der Waals surface area contributed by atoms with Crippen LogP contribution < -0.4 is 25.6 Å². The molecule has 7 rings (SSSR count). The van der Waals surface area contributed by atoms with Gasteiger partial charge in [0.05, 0.1) is 23.5 Å². The number of piperazine rings is 1. The molecule has 13 nitrogen and oxygen atoms in total. The summed E-state index contributed by atoms with van der Waals surface area (Å²) < 4.78 is 14.2. The molecule has 3 saturated heterocycles. The number of nitrogens with one attached hydrogen (secondary N) is 2. The Kier molecular flexibility index (Phi) is 12.4. The van der Waals surface area contributed by atoms with Crippen molar-refractivity contribution in [2.45, 2.75) is 65.1 Å². The minimum atomic E-state index is -0.461. The Hall–Kier alpha value is -3.97. The Balaban J connectivity index is 1.03. The molecule has 15 heteroatoms. The topological polar surface area (TPSA) is 116 Å². The Morgan fingerprint density at radius 3 is 2.26 bits per heavy atom. The van der Waals surface area contributed by atoms with Gasteiger partial charge < -0.3 is 29.9 Å². The number of aryl methyl sites for hydroxylation is 2. The summed E-state index contributed by atoms with van der Waals surface area (Å²) in [4.78, 5) is 31.6. The smallest absolute Gasteiger partial charge is 0.410 e. The maximum Gasteiger partial charge on any atom is 0.410 e. The van der Waals surface area contributed by atoms with Crippen LogP contribution in [0.5, 0.6) is 5.75 Å². The first-order valence-corrected chi connectivity index (χ1v) is 23.0. The number of carbonyl (C=O) groups excluding carboxylic acids is 1. The average molecular weight is 862 g/mol. The number of aromatic nitrogens is 4. The van der Waals surface area contributed by atoms with Gasteiger partial charge in [-0.2, -0.15) is 10.1 Å². The normalized spacial score (nSPS) is 17.5. The maximum atomic E-state index is 12.5. The SMILES string of the molecule is COc1cc(N2CCN(C3CCN(C4CN(C(=O)OC(C)(C)C)C4)CC3)CC2)c(-c2cnn(C)c2)cc1Nc1ncc(Br)c(Nc2ccc(C)c(C)c2P(C)C)n1. The lowest BCUT2D eigenvalue weighted by atomic mass is 9.98. The number of hydrogen-bond acceptors (Lipinski definition) is 11. The van der Waals surface area contributed by atoms with Crippen LogP contribution in [0.15, 0.2) is 47.3 Å². The maximum absolute atomic E-state index is 12.5.